The fourth-order valence-electron chi connectivity index (χ4n) is 2.10. The van der Waals surface area contributed by atoms with Crippen molar-refractivity contribution >= 4 is 29.4 Å². The van der Waals surface area contributed by atoms with Gasteiger partial charge in [0, 0.05) is 18.6 Å². The number of thioether (sulfide) groups is 2. The third kappa shape index (κ3) is 4.83. The zero-order valence-electron chi connectivity index (χ0n) is 12.3. The van der Waals surface area contributed by atoms with Gasteiger partial charge in [0.15, 0.2) is 0 Å². The van der Waals surface area contributed by atoms with Gasteiger partial charge in [0.25, 0.3) is 0 Å². The smallest absolute Gasteiger partial charge is 0.243 e. The molecule has 1 aliphatic heterocycles. The summed E-state index contributed by atoms with van der Waals surface area (Å²) in [6.45, 7) is 3.06. The van der Waals surface area contributed by atoms with Crippen LogP contribution < -0.4 is 10.1 Å². The average molecular weight is 327 g/mol. The number of carbonyl (C=O) groups is 1. The molecule has 116 valence electrons. The molecule has 1 heterocycles. The molecule has 21 heavy (non-hydrogen) atoms. The molecular formula is C15H21NO3S2. The van der Waals surface area contributed by atoms with E-state index in [1.54, 1.807) is 30.6 Å². The first-order chi connectivity index (χ1) is 10.2. The molecule has 0 aliphatic carbocycles. The van der Waals surface area contributed by atoms with E-state index in [9.17, 15) is 4.79 Å². The van der Waals surface area contributed by atoms with Crippen LogP contribution in [0.15, 0.2) is 24.3 Å². The molecule has 0 aromatic heterocycles. The van der Waals surface area contributed by atoms with E-state index in [0.29, 0.717) is 13.2 Å². The Morgan fingerprint density at radius 3 is 2.57 bits per heavy atom. The van der Waals surface area contributed by atoms with Crippen molar-refractivity contribution in [3.63, 3.8) is 0 Å². The lowest BCUT2D eigenvalue weighted by atomic mass is 10.1. The molecule has 1 aliphatic rings. The molecule has 4 nitrogen and oxygen atoms in total. The summed E-state index contributed by atoms with van der Waals surface area (Å²) in [7, 11) is 1.65. The molecule has 2 rings (SSSR count). The van der Waals surface area contributed by atoms with Gasteiger partial charge in [0.1, 0.15) is 10.3 Å². The van der Waals surface area contributed by atoms with Gasteiger partial charge in [-0.1, -0.05) is 12.1 Å². The van der Waals surface area contributed by atoms with E-state index in [2.05, 4.69) is 5.32 Å². The molecule has 1 fully saturated rings. The molecule has 1 aromatic rings. The second-order valence-corrected chi connectivity index (χ2v) is 7.32. The minimum absolute atomic E-state index is 0.00653. The van der Waals surface area contributed by atoms with Gasteiger partial charge >= 0.3 is 0 Å². The number of carbonyl (C=O) groups excluding carboxylic acids is 1. The Hall–Kier alpha value is -0.850. The van der Waals surface area contributed by atoms with Crippen LogP contribution in [0.2, 0.25) is 0 Å². The average Bonchev–Trinajstić information content (AvgIpc) is 3.02. The van der Waals surface area contributed by atoms with Gasteiger partial charge in [-0.25, -0.2) is 0 Å². The van der Waals surface area contributed by atoms with Gasteiger partial charge < -0.3 is 14.8 Å². The lowest BCUT2D eigenvalue weighted by Gasteiger charge is -2.20. The van der Waals surface area contributed by atoms with Crippen LogP contribution >= 0.6 is 23.5 Å². The number of benzene rings is 1. The minimum Gasteiger partial charge on any atom is -0.494 e. The standard InChI is InChI=1S/C15H21NO3S2/c1-3-19-12-6-4-11(5-7-12)13(10-18-2)16-14(17)15-20-8-9-21-15/h4-7,13,15H,3,8-10H2,1-2H3,(H,16,17). The maximum atomic E-state index is 12.2. The van der Waals surface area contributed by atoms with Crippen molar-refractivity contribution in [2.45, 2.75) is 17.5 Å². The number of methoxy groups -OCH3 is 1. The van der Waals surface area contributed by atoms with Gasteiger partial charge in [-0.2, -0.15) is 0 Å². The Bertz CT molecular complexity index is 447. The molecule has 6 heteroatoms. The molecule has 1 aromatic carbocycles. The number of hydrogen-bond donors (Lipinski definition) is 1. The van der Waals surface area contributed by atoms with Crippen molar-refractivity contribution in [1.29, 1.82) is 0 Å². The maximum absolute atomic E-state index is 12.2. The van der Waals surface area contributed by atoms with Crippen LogP contribution in [0.3, 0.4) is 0 Å². The Kier molecular flexibility index (Phi) is 6.73. The van der Waals surface area contributed by atoms with Crippen molar-refractivity contribution in [1.82, 2.24) is 5.32 Å². The second kappa shape index (κ2) is 8.56. The predicted molar refractivity (Wildman–Crippen MR) is 89.1 cm³/mol. The van der Waals surface area contributed by atoms with Crippen molar-refractivity contribution < 1.29 is 14.3 Å². The van der Waals surface area contributed by atoms with E-state index >= 15 is 0 Å². The summed E-state index contributed by atoms with van der Waals surface area (Å²) in [5.41, 5.74) is 1.03. The van der Waals surface area contributed by atoms with Gasteiger partial charge in [0.05, 0.1) is 19.3 Å². The molecule has 1 atom stereocenters. The second-order valence-electron chi connectivity index (χ2n) is 4.59. The molecular weight excluding hydrogens is 306 g/mol. The van der Waals surface area contributed by atoms with E-state index < -0.39 is 0 Å². The van der Waals surface area contributed by atoms with Crippen molar-refractivity contribution in [2.24, 2.45) is 0 Å². The molecule has 0 radical (unpaired) electrons. The first-order valence-corrected chi connectivity index (χ1v) is 9.09. The van der Waals surface area contributed by atoms with Crippen LogP contribution in [0.25, 0.3) is 0 Å². The lowest BCUT2D eigenvalue weighted by Crippen LogP contribution is -2.35. The molecule has 1 saturated heterocycles. The highest BCUT2D eigenvalue weighted by molar-refractivity contribution is 8.21. The van der Waals surface area contributed by atoms with Crippen LogP contribution in [0.5, 0.6) is 5.75 Å². The number of amides is 1. The van der Waals surface area contributed by atoms with Crippen LogP contribution in [0.1, 0.15) is 18.5 Å². The molecule has 1 amide bonds. The van der Waals surface area contributed by atoms with E-state index in [0.717, 1.165) is 22.8 Å². The van der Waals surface area contributed by atoms with Crippen molar-refractivity contribution in [3.05, 3.63) is 29.8 Å². The zero-order chi connectivity index (χ0) is 15.1. The van der Waals surface area contributed by atoms with Crippen LogP contribution in [-0.2, 0) is 9.53 Å². The summed E-state index contributed by atoms with van der Waals surface area (Å²) in [6, 6.07) is 7.67. The molecule has 0 saturated carbocycles. The summed E-state index contributed by atoms with van der Waals surface area (Å²) in [5, 5.41) is 3.08. The first kappa shape index (κ1) is 16.5. The third-order valence-electron chi connectivity index (χ3n) is 3.08. The SMILES string of the molecule is CCOc1ccc(C(COC)NC(=O)C2SCCS2)cc1. The normalized spacial score (nSPS) is 16.7. The Morgan fingerprint density at radius 2 is 2.00 bits per heavy atom. The highest BCUT2D eigenvalue weighted by Crippen LogP contribution is 2.32. The van der Waals surface area contributed by atoms with Gasteiger partial charge in [0.2, 0.25) is 5.91 Å². The van der Waals surface area contributed by atoms with Crippen molar-refractivity contribution in [2.75, 3.05) is 31.8 Å². The number of rotatable bonds is 7. The van der Waals surface area contributed by atoms with Gasteiger partial charge in [-0.05, 0) is 24.6 Å². The Balaban J connectivity index is 2.01. The quantitative estimate of drug-likeness (QED) is 0.834. The first-order valence-electron chi connectivity index (χ1n) is 7.00. The largest absolute Gasteiger partial charge is 0.494 e. The summed E-state index contributed by atoms with van der Waals surface area (Å²) in [5.74, 6) is 3.01. The molecule has 0 bridgehead atoms. The molecule has 1 N–H and O–H groups in total. The van der Waals surface area contributed by atoms with E-state index in [-0.39, 0.29) is 16.5 Å². The number of hydrogen-bond acceptors (Lipinski definition) is 5. The lowest BCUT2D eigenvalue weighted by molar-refractivity contribution is -0.120. The van der Waals surface area contributed by atoms with E-state index in [1.807, 2.05) is 31.2 Å². The van der Waals surface area contributed by atoms with Crippen LogP contribution in [0, 0.1) is 0 Å². The number of ether oxygens (including phenoxy) is 2. The zero-order valence-corrected chi connectivity index (χ0v) is 14.0. The summed E-state index contributed by atoms with van der Waals surface area (Å²) in [6.07, 6.45) is 0. The highest BCUT2D eigenvalue weighted by Gasteiger charge is 2.26. The Labute approximate surface area is 134 Å². The topological polar surface area (TPSA) is 47.6 Å². The van der Waals surface area contributed by atoms with E-state index in [1.165, 1.54) is 0 Å². The fourth-order valence-corrected chi connectivity index (χ4v) is 4.70. The summed E-state index contributed by atoms with van der Waals surface area (Å²) < 4.78 is 10.7. The molecule has 1 unspecified atom stereocenters. The van der Waals surface area contributed by atoms with Crippen LogP contribution in [0.4, 0.5) is 0 Å². The molecule has 0 spiro atoms. The minimum atomic E-state index is -0.125. The predicted octanol–water partition coefficient (Wildman–Crippen LogP) is 2.70. The fraction of sp³-hybridized carbons (Fsp3) is 0.533. The summed E-state index contributed by atoms with van der Waals surface area (Å²) in [4.78, 5) is 12.2. The highest BCUT2D eigenvalue weighted by atomic mass is 32.2. The maximum Gasteiger partial charge on any atom is 0.243 e. The van der Waals surface area contributed by atoms with E-state index in [4.69, 9.17) is 9.47 Å². The van der Waals surface area contributed by atoms with Gasteiger partial charge in [-0.15, -0.1) is 23.5 Å². The Morgan fingerprint density at radius 1 is 1.33 bits per heavy atom. The van der Waals surface area contributed by atoms with Gasteiger partial charge in [-0.3, -0.25) is 4.79 Å². The number of nitrogens with one attached hydrogen (secondary N) is 1. The van der Waals surface area contributed by atoms with Crippen molar-refractivity contribution in [3.8, 4) is 5.75 Å². The summed E-state index contributed by atoms with van der Waals surface area (Å²) >= 11 is 3.41. The third-order valence-corrected chi connectivity index (χ3v) is 6.07. The van der Waals surface area contributed by atoms with Crippen LogP contribution in [-0.4, -0.2) is 42.3 Å². The monoisotopic (exact) mass is 327 g/mol.